The Morgan fingerprint density at radius 1 is 1.12 bits per heavy atom. The number of hydrogen-bond donors (Lipinski definition) is 3. The van der Waals surface area contributed by atoms with Gasteiger partial charge in [-0.2, -0.15) is 0 Å². The summed E-state index contributed by atoms with van der Waals surface area (Å²) in [5, 5.41) is 12.1. The number of sulfonamides is 1. The maximum absolute atomic E-state index is 14.2. The Morgan fingerprint density at radius 3 is 2.61 bits per heavy atom. The topological polar surface area (TPSA) is 186 Å². The molecule has 3 N–H and O–H groups in total. The number of phenolic OH excluding ortho intramolecular Hbond substituents is 1. The molecule has 2 aromatic heterocycles. The first-order valence-corrected chi connectivity index (χ1v) is 22.3. The minimum absolute atomic E-state index is 0.0763. The number of methoxy groups -OCH3 is 1. The number of ether oxygens (including phenoxy) is 2. The monoisotopic (exact) mass is 807 g/mol. The number of fused-ring (bicyclic) bond motifs is 6. The Labute approximate surface area is 327 Å². The van der Waals surface area contributed by atoms with Gasteiger partial charge in [0, 0.05) is 48.3 Å². The lowest BCUT2D eigenvalue weighted by atomic mass is 9.84. The van der Waals surface area contributed by atoms with Crippen molar-refractivity contribution in [2.24, 2.45) is 5.41 Å². The molecule has 0 unspecified atom stereocenters. The van der Waals surface area contributed by atoms with Gasteiger partial charge in [-0.25, -0.2) is 27.0 Å². The number of cyclic esters (lactones) is 1. The van der Waals surface area contributed by atoms with Gasteiger partial charge in [-0.3, -0.25) is 19.6 Å². The SMILES string of the molecule is CCn1c(-c2cccnc2[C@H](C)OC)c2c3cc(ccc31)-c1cc(O)cc(c1)C[C@H](NS(=O)(=O)C1CS(=O)(=O)C1)C(=O)N1CCC[C@H](N1)C(=O)OCC(C)(C)C2. The van der Waals surface area contributed by atoms with Crippen molar-refractivity contribution in [2.75, 3.05) is 31.8 Å². The minimum atomic E-state index is -4.25. The zero-order valence-electron chi connectivity index (χ0n) is 32.2. The van der Waals surface area contributed by atoms with Crippen molar-refractivity contribution < 1.29 is 41.0 Å². The average Bonchev–Trinajstić information content (AvgIpc) is 3.45. The van der Waals surface area contributed by atoms with Gasteiger partial charge in [-0.15, -0.1) is 0 Å². The highest BCUT2D eigenvalue weighted by Crippen LogP contribution is 2.42. The van der Waals surface area contributed by atoms with Crippen molar-refractivity contribution in [1.29, 1.82) is 0 Å². The number of amides is 1. The van der Waals surface area contributed by atoms with E-state index in [4.69, 9.17) is 14.5 Å². The fraction of sp³-hybridized carbons (Fsp3) is 0.475. The number of hydrogen-bond acceptors (Lipinski definition) is 11. The first kappa shape index (κ1) is 39.9. The maximum Gasteiger partial charge on any atom is 0.324 e. The number of carbonyl (C=O) groups excluding carboxylic acids is 2. The van der Waals surface area contributed by atoms with Crippen LogP contribution in [0.2, 0.25) is 0 Å². The molecule has 2 fully saturated rings. The van der Waals surface area contributed by atoms with Gasteiger partial charge in [0.1, 0.15) is 23.1 Å². The van der Waals surface area contributed by atoms with E-state index in [0.717, 1.165) is 39.0 Å². The van der Waals surface area contributed by atoms with Gasteiger partial charge in [0.25, 0.3) is 5.91 Å². The van der Waals surface area contributed by atoms with E-state index in [2.05, 4.69) is 27.7 Å². The highest BCUT2D eigenvalue weighted by Gasteiger charge is 2.45. The summed E-state index contributed by atoms with van der Waals surface area (Å²) in [4.78, 5) is 32.6. The maximum atomic E-state index is 14.2. The number of aromatic nitrogens is 2. The quantitative estimate of drug-likeness (QED) is 0.229. The number of carbonyl (C=O) groups is 2. The first-order chi connectivity index (χ1) is 26.5. The van der Waals surface area contributed by atoms with Crippen LogP contribution in [-0.4, -0.2) is 97.5 Å². The van der Waals surface area contributed by atoms with Crippen LogP contribution in [0.3, 0.4) is 0 Å². The Morgan fingerprint density at radius 2 is 1.89 bits per heavy atom. The van der Waals surface area contributed by atoms with Crippen LogP contribution in [-0.2, 0) is 58.3 Å². The van der Waals surface area contributed by atoms with E-state index < -0.39 is 66.0 Å². The molecule has 1 amide bonds. The highest BCUT2D eigenvalue weighted by molar-refractivity contribution is 7.98. The molecule has 16 heteroatoms. The molecule has 2 aromatic carbocycles. The van der Waals surface area contributed by atoms with E-state index in [1.54, 1.807) is 19.4 Å². The third-order valence-corrected chi connectivity index (χ3v) is 15.1. The molecule has 0 spiro atoms. The molecule has 3 aliphatic heterocycles. The second-order valence-electron chi connectivity index (χ2n) is 15.9. The van der Waals surface area contributed by atoms with Crippen molar-refractivity contribution in [2.45, 2.75) is 83.4 Å². The van der Waals surface area contributed by atoms with Gasteiger partial charge in [0.05, 0.1) is 35.6 Å². The van der Waals surface area contributed by atoms with E-state index in [1.165, 1.54) is 11.1 Å². The van der Waals surface area contributed by atoms with E-state index in [9.17, 15) is 31.5 Å². The Balaban J connectivity index is 1.39. The number of pyridine rings is 1. The second kappa shape index (κ2) is 15.2. The molecule has 3 aliphatic rings. The number of hydrazine groups is 1. The molecule has 56 heavy (non-hydrogen) atoms. The molecule has 0 aliphatic carbocycles. The predicted octanol–water partition coefficient (Wildman–Crippen LogP) is 4.05. The summed E-state index contributed by atoms with van der Waals surface area (Å²) in [6.07, 6.45) is 2.67. The summed E-state index contributed by atoms with van der Waals surface area (Å²) in [6, 6.07) is 12.7. The summed E-state index contributed by atoms with van der Waals surface area (Å²) >= 11 is 0. The molecule has 5 heterocycles. The molecule has 0 saturated carbocycles. The molecular formula is C40H49N5O9S2. The molecule has 4 aromatic rings. The third-order valence-electron chi connectivity index (χ3n) is 11.0. The number of benzene rings is 2. The number of rotatable bonds is 7. The summed E-state index contributed by atoms with van der Waals surface area (Å²) < 4.78 is 67.2. The Kier molecular flexibility index (Phi) is 10.8. The van der Waals surface area contributed by atoms with Crippen LogP contribution in [0, 0.1) is 5.41 Å². The highest BCUT2D eigenvalue weighted by atomic mass is 32.2. The van der Waals surface area contributed by atoms with Crippen LogP contribution in [0.15, 0.2) is 54.7 Å². The van der Waals surface area contributed by atoms with Crippen LogP contribution in [0.25, 0.3) is 33.3 Å². The molecule has 0 radical (unpaired) electrons. The Bertz CT molecular complexity index is 2400. The number of phenols is 1. The number of sulfone groups is 1. The summed E-state index contributed by atoms with van der Waals surface area (Å²) in [6.45, 7) is 9.05. The van der Waals surface area contributed by atoms with E-state index in [0.29, 0.717) is 36.9 Å². The predicted molar refractivity (Wildman–Crippen MR) is 212 cm³/mol. The third kappa shape index (κ3) is 7.94. The van der Waals surface area contributed by atoms with Crippen LogP contribution >= 0.6 is 0 Å². The molecule has 300 valence electrons. The van der Waals surface area contributed by atoms with Crippen LogP contribution in [0.4, 0.5) is 0 Å². The van der Waals surface area contributed by atoms with Crippen LogP contribution < -0.4 is 10.1 Å². The number of nitrogens with zero attached hydrogens (tertiary/aromatic N) is 3. The zero-order valence-corrected chi connectivity index (χ0v) is 33.9. The summed E-state index contributed by atoms with van der Waals surface area (Å²) in [7, 11) is -6.08. The minimum Gasteiger partial charge on any atom is -0.508 e. The molecular weight excluding hydrogens is 759 g/mol. The van der Waals surface area contributed by atoms with Gasteiger partial charge in [0.2, 0.25) is 10.0 Å². The van der Waals surface area contributed by atoms with Gasteiger partial charge in [-0.1, -0.05) is 26.0 Å². The molecule has 14 nitrogen and oxygen atoms in total. The van der Waals surface area contributed by atoms with Crippen molar-refractivity contribution in [1.82, 2.24) is 24.7 Å². The largest absolute Gasteiger partial charge is 0.508 e. The van der Waals surface area contributed by atoms with Crippen LogP contribution in [0.5, 0.6) is 5.75 Å². The van der Waals surface area contributed by atoms with Gasteiger partial charge in [0.15, 0.2) is 9.84 Å². The normalized spacial score (nSPS) is 22.3. The van der Waals surface area contributed by atoms with E-state index in [1.807, 2.05) is 51.1 Å². The molecule has 3 atom stereocenters. The molecule has 7 rings (SSSR count). The Hall–Kier alpha value is -4.35. The first-order valence-electron chi connectivity index (χ1n) is 18.9. The van der Waals surface area contributed by atoms with Gasteiger partial charge >= 0.3 is 5.97 Å². The summed E-state index contributed by atoms with van der Waals surface area (Å²) in [5.41, 5.74) is 9.03. The zero-order chi connectivity index (χ0) is 40.2. The van der Waals surface area contributed by atoms with Gasteiger partial charge < -0.3 is 19.1 Å². The molecule has 6 bridgehead atoms. The lowest BCUT2D eigenvalue weighted by Crippen LogP contribution is -2.62. The number of aromatic hydroxyl groups is 1. The summed E-state index contributed by atoms with van der Waals surface area (Å²) in [5.74, 6) is -2.33. The average molecular weight is 808 g/mol. The van der Waals surface area contributed by atoms with E-state index in [-0.39, 0.29) is 31.4 Å². The lowest BCUT2D eigenvalue weighted by molar-refractivity contribution is -0.155. The van der Waals surface area contributed by atoms with Crippen LogP contribution in [0.1, 0.15) is 63.5 Å². The molecule has 2 saturated heterocycles. The van der Waals surface area contributed by atoms with Crippen molar-refractivity contribution in [3.05, 3.63) is 71.5 Å². The second-order valence-corrected chi connectivity index (χ2v) is 20.0. The van der Waals surface area contributed by atoms with Crippen molar-refractivity contribution >= 4 is 42.6 Å². The fourth-order valence-electron chi connectivity index (χ4n) is 8.04. The van der Waals surface area contributed by atoms with Gasteiger partial charge in [-0.05, 0) is 98.2 Å². The number of aryl methyl sites for hydroxylation is 1. The lowest BCUT2D eigenvalue weighted by Gasteiger charge is -2.36. The standard InChI is InChI=1S/C40H49N5O9S2/c1-6-44-35-12-11-26-19-31(35)32(37(44)30-9-7-13-41-36(30)24(2)53-5)20-40(3,4)23-54-39(48)33-10-8-14-45(42-33)38(47)34(17-25-15-27(26)18-28(46)16-25)43-56(51,52)29-21-55(49,50)22-29/h7,9,11-13,15-16,18-19,24,29,33-34,42-43,46H,6,8,10,14,17,20-23H2,1-5H3/t24-,33-,34-/m0/s1. The van der Waals surface area contributed by atoms with Crippen molar-refractivity contribution in [3.63, 3.8) is 0 Å². The smallest absolute Gasteiger partial charge is 0.324 e. The number of esters is 1. The fourth-order valence-corrected chi connectivity index (χ4v) is 12.5. The number of nitrogens with one attached hydrogen (secondary N) is 2. The van der Waals surface area contributed by atoms with Crippen molar-refractivity contribution in [3.8, 4) is 28.1 Å². The van der Waals surface area contributed by atoms with E-state index >= 15 is 0 Å².